The van der Waals surface area contributed by atoms with Crippen LogP contribution in [0.4, 0.5) is 13.2 Å². The minimum absolute atomic E-state index is 0.0258. The number of nitrogens with zero attached hydrogens (tertiary/aromatic N) is 2. The summed E-state index contributed by atoms with van der Waals surface area (Å²) >= 11 is 1.51. The van der Waals surface area contributed by atoms with E-state index in [4.69, 9.17) is 9.51 Å². The first-order chi connectivity index (χ1) is 19.7. The van der Waals surface area contributed by atoms with Gasteiger partial charge in [-0.05, 0) is 81.0 Å². The number of alkyl halides is 3. The third-order valence-electron chi connectivity index (χ3n) is 9.08. The van der Waals surface area contributed by atoms with E-state index in [1.807, 2.05) is 12.1 Å². The summed E-state index contributed by atoms with van der Waals surface area (Å²) in [4.78, 5) is 16.6. The molecule has 212 valence electrons. The van der Waals surface area contributed by atoms with Crippen LogP contribution < -0.4 is 4.74 Å². The fourth-order valence-electron chi connectivity index (χ4n) is 6.57. The van der Waals surface area contributed by atoms with Crippen LogP contribution in [-0.4, -0.2) is 27.6 Å². The molecule has 2 heterocycles. The fraction of sp³-hybridized carbons (Fsp3) is 0.387. The summed E-state index contributed by atoms with van der Waals surface area (Å²) in [6.07, 6.45) is 7.09. The monoisotopic (exact) mass is 580 g/mol. The maximum absolute atomic E-state index is 13.1. The number of ether oxygens (including phenoxy) is 1. The van der Waals surface area contributed by atoms with Gasteiger partial charge < -0.3 is 14.4 Å². The fourth-order valence-corrected chi connectivity index (χ4v) is 7.91. The second-order valence-corrected chi connectivity index (χ2v) is 12.6. The summed E-state index contributed by atoms with van der Waals surface area (Å²) in [6.45, 7) is 0. The number of carboxylic acid groups (broad SMARTS) is 1. The summed E-state index contributed by atoms with van der Waals surface area (Å²) in [6, 6.07) is 11.3. The molecule has 0 amide bonds. The lowest BCUT2D eigenvalue weighted by Crippen LogP contribution is -2.43. The van der Waals surface area contributed by atoms with E-state index in [9.17, 15) is 23.1 Å². The average molecular weight is 581 g/mol. The molecule has 2 bridgehead atoms. The van der Waals surface area contributed by atoms with Gasteiger partial charge >= 0.3 is 12.3 Å². The highest BCUT2D eigenvalue weighted by Gasteiger charge is 2.50. The summed E-state index contributed by atoms with van der Waals surface area (Å²) in [5.74, 6) is -0.292. The first kappa shape index (κ1) is 26.3. The number of fused-ring (bicyclic) bond motifs is 4. The van der Waals surface area contributed by atoms with Gasteiger partial charge in [0.2, 0.25) is 0 Å². The smallest absolute Gasteiger partial charge is 0.478 e. The number of allylic oxidation sites excluding steroid dienone is 1. The first-order valence-corrected chi connectivity index (χ1v) is 14.6. The molecule has 0 aliphatic heterocycles. The lowest BCUT2D eigenvalue weighted by molar-refractivity contribution is -0.274. The van der Waals surface area contributed by atoms with Crippen LogP contribution in [0, 0.1) is 5.41 Å². The van der Waals surface area contributed by atoms with Gasteiger partial charge in [0.25, 0.3) is 0 Å². The van der Waals surface area contributed by atoms with Gasteiger partial charge in [-0.3, -0.25) is 0 Å². The third-order valence-corrected chi connectivity index (χ3v) is 10.4. The Morgan fingerprint density at radius 1 is 1.05 bits per heavy atom. The summed E-state index contributed by atoms with van der Waals surface area (Å²) in [7, 11) is 0. The number of benzene rings is 2. The molecule has 4 aliphatic carbocycles. The van der Waals surface area contributed by atoms with Crippen LogP contribution in [-0.2, 0) is 5.41 Å². The number of aromatic carboxylic acids is 1. The number of halogens is 3. The summed E-state index contributed by atoms with van der Waals surface area (Å²) < 4.78 is 50.2. The van der Waals surface area contributed by atoms with Crippen LogP contribution >= 0.6 is 11.3 Å². The van der Waals surface area contributed by atoms with Crippen LogP contribution in [0.1, 0.15) is 84.0 Å². The number of carbonyl (C=O) groups is 1. The van der Waals surface area contributed by atoms with Crippen molar-refractivity contribution in [3.8, 4) is 17.0 Å². The molecule has 1 N–H and O–H groups in total. The third kappa shape index (κ3) is 4.71. The van der Waals surface area contributed by atoms with Crippen LogP contribution in [0.3, 0.4) is 0 Å². The molecular weight excluding hydrogens is 553 g/mol. The van der Waals surface area contributed by atoms with Crippen LogP contribution in [0.15, 0.2) is 53.1 Å². The predicted molar refractivity (Wildman–Crippen MR) is 148 cm³/mol. The number of para-hydroxylation sites is 1. The maximum Gasteiger partial charge on any atom is 0.573 e. The Hall–Kier alpha value is -3.66. The standard InChI is InChI=1S/C31H27F3N2O4S/c32-31(33,34)39-23-7-2-1-4-19(23)24-20(25(40-36-24)18-8-9-18)10-11-29-12-15-30(16-13-29,17-14-29)28-35-22-6-3-5-21(27(37)38)26(22)41-28/h1-7,10-11,18H,8-9,12-17H2,(H,37,38). The highest BCUT2D eigenvalue weighted by Crippen LogP contribution is 2.59. The topological polar surface area (TPSA) is 85.5 Å². The Kier molecular flexibility index (Phi) is 6.04. The Bertz CT molecular complexity index is 1660. The van der Waals surface area contributed by atoms with E-state index in [0.29, 0.717) is 11.3 Å². The first-order valence-electron chi connectivity index (χ1n) is 13.8. The van der Waals surface area contributed by atoms with Crippen molar-refractivity contribution in [2.75, 3.05) is 0 Å². The van der Waals surface area contributed by atoms with Crippen molar-refractivity contribution in [3.63, 3.8) is 0 Å². The average Bonchev–Trinajstić information content (AvgIpc) is 3.55. The van der Waals surface area contributed by atoms with Gasteiger partial charge in [0.15, 0.2) is 0 Å². The molecule has 0 saturated heterocycles. The number of thiazole rings is 1. The van der Waals surface area contributed by atoms with Crippen molar-refractivity contribution in [3.05, 3.63) is 70.4 Å². The molecule has 41 heavy (non-hydrogen) atoms. The number of carboxylic acids is 1. The Labute approximate surface area is 237 Å². The van der Waals surface area contributed by atoms with E-state index in [2.05, 4.69) is 16.0 Å². The largest absolute Gasteiger partial charge is 0.573 e. The molecule has 4 fully saturated rings. The second kappa shape index (κ2) is 9.44. The zero-order valence-electron chi connectivity index (χ0n) is 22.0. The molecule has 0 radical (unpaired) electrons. The van der Waals surface area contributed by atoms with Gasteiger partial charge in [-0.25, -0.2) is 9.78 Å². The van der Waals surface area contributed by atoms with Crippen molar-refractivity contribution < 1.29 is 32.3 Å². The minimum Gasteiger partial charge on any atom is -0.478 e. The van der Waals surface area contributed by atoms with Crippen LogP contribution in [0.5, 0.6) is 5.75 Å². The Balaban J connectivity index is 1.17. The molecule has 4 aromatic rings. The lowest BCUT2D eigenvalue weighted by Gasteiger charge is -2.51. The van der Waals surface area contributed by atoms with Crippen molar-refractivity contribution in [1.82, 2.24) is 10.1 Å². The molecule has 0 unspecified atom stereocenters. The van der Waals surface area contributed by atoms with Crippen molar-refractivity contribution in [1.29, 1.82) is 0 Å². The molecule has 8 rings (SSSR count). The van der Waals surface area contributed by atoms with Gasteiger partial charge in [-0.15, -0.1) is 24.5 Å². The minimum atomic E-state index is -4.82. The Morgan fingerprint density at radius 2 is 1.78 bits per heavy atom. The van der Waals surface area contributed by atoms with E-state index < -0.39 is 12.3 Å². The predicted octanol–water partition coefficient (Wildman–Crippen LogP) is 8.73. The summed E-state index contributed by atoms with van der Waals surface area (Å²) in [5.41, 5.74) is 2.31. The van der Waals surface area contributed by atoms with Crippen molar-refractivity contribution in [2.45, 2.75) is 69.1 Å². The quantitative estimate of drug-likeness (QED) is 0.235. The molecule has 6 nitrogen and oxygen atoms in total. The Morgan fingerprint density at radius 3 is 2.46 bits per heavy atom. The summed E-state index contributed by atoms with van der Waals surface area (Å²) in [5, 5.41) is 14.9. The maximum atomic E-state index is 13.1. The second-order valence-electron chi connectivity index (χ2n) is 11.6. The van der Waals surface area contributed by atoms with Gasteiger partial charge in [0.05, 0.1) is 15.8 Å². The molecule has 10 heteroatoms. The SMILES string of the molecule is O=C(O)c1cccc2nc(C34CCC(C=Cc5c(-c6ccccc6OC(F)(F)F)noc5C5CC5)(CC3)CC4)sc12. The number of hydrogen-bond donors (Lipinski definition) is 1. The molecular formula is C31H27F3N2O4S. The number of aromatic nitrogens is 2. The number of rotatable bonds is 7. The molecule has 2 aromatic heterocycles. The van der Waals surface area contributed by atoms with E-state index in [1.165, 1.54) is 23.5 Å². The molecule has 4 saturated carbocycles. The van der Waals surface area contributed by atoms with Crippen molar-refractivity contribution in [2.24, 2.45) is 5.41 Å². The van der Waals surface area contributed by atoms with Crippen molar-refractivity contribution >= 4 is 33.6 Å². The van der Waals surface area contributed by atoms with Crippen LogP contribution in [0.2, 0.25) is 0 Å². The zero-order chi connectivity index (χ0) is 28.4. The molecule has 2 aromatic carbocycles. The van der Waals surface area contributed by atoms with Gasteiger partial charge in [-0.1, -0.05) is 35.5 Å². The normalized spacial score (nSPS) is 24.4. The van der Waals surface area contributed by atoms with E-state index in [0.717, 1.165) is 77.9 Å². The van der Waals surface area contributed by atoms with Gasteiger partial charge in [0.1, 0.15) is 22.2 Å². The molecule has 0 spiro atoms. The van der Waals surface area contributed by atoms with Gasteiger partial charge in [-0.2, -0.15) is 0 Å². The van der Waals surface area contributed by atoms with E-state index in [1.54, 1.807) is 24.3 Å². The lowest BCUT2D eigenvalue weighted by atomic mass is 9.54. The zero-order valence-corrected chi connectivity index (χ0v) is 22.9. The number of hydrogen-bond acceptors (Lipinski definition) is 6. The highest BCUT2D eigenvalue weighted by atomic mass is 32.1. The highest BCUT2D eigenvalue weighted by molar-refractivity contribution is 7.19. The van der Waals surface area contributed by atoms with Crippen LogP contribution in [0.25, 0.3) is 27.6 Å². The van der Waals surface area contributed by atoms with Gasteiger partial charge in [0, 0.05) is 22.5 Å². The molecule has 0 atom stereocenters. The van der Waals surface area contributed by atoms with E-state index >= 15 is 0 Å². The van der Waals surface area contributed by atoms with E-state index in [-0.39, 0.29) is 28.1 Å². The molecule has 4 aliphatic rings.